The summed E-state index contributed by atoms with van der Waals surface area (Å²) in [6.07, 6.45) is 1.71. The zero-order valence-electron chi connectivity index (χ0n) is 7.04. The number of methoxy groups -OCH3 is 1. The molecule has 0 fully saturated rings. The fourth-order valence-electron chi connectivity index (χ4n) is 1.13. The van der Waals surface area contributed by atoms with Crippen molar-refractivity contribution in [2.24, 2.45) is 0 Å². The van der Waals surface area contributed by atoms with E-state index in [0.717, 1.165) is 15.8 Å². The van der Waals surface area contributed by atoms with E-state index in [0.29, 0.717) is 12.3 Å². The van der Waals surface area contributed by atoms with Crippen LogP contribution in [0.3, 0.4) is 0 Å². The van der Waals surface area contributed by atoms with Gasteiger partial charge in [0.15, 0.2) is 5.65 Å². The largest absolute Gasteiger partial charge is 0.377 e. The van der Waals surface area contributed by atoms with Crippen molar-refractivity contribution in [1.29, 1.82) is 0 Å². The third kappa shape index (κ3) is 1.57. The molecule has 0 spiro atoms. The molecule has 0 aliphatic rings. The molecule has 0 unspecified atom stereocenters. The van der Waals surface area contributed by atoms with E-state index in [1.54, 1.807) is 13.3 Å². The van der Waals surface area contributed by atoms with Crippen molar-refractivity contribution in [2.75, 3.05) is 7.11 Å². The van der Waals surface area contributed by atoms with Crippen LogP contribution < -0.4 is 0 Å². The van der Waals surface area contributed by atoms with Gasteiger partial charge < -0.3 is 9.72 Å². The standard InChI is InChI=1S/C8H8BrN3O/c1-13-4-6-11-7-5(9)2-3-10-8(7)12-6/h2-3H,4H2,1H3,(H,10,11,12). The summed E-state index contributed by atoms with van der Waals surface area (Å²) in [6, 6.07) is 1.87. The molecule has 0 atom stereocenters. The van der Waals surface area contributed by atoms with Gasteiger partial charge in [0.25, 0.3) is 0 Å². The van der Waals surface area contributed by atoms with Crippen molar-refractivity contribution in [1.82, 2.24) is 15.0 Å². The average molecular weight is 242 g/mol. The average Bonchev–Trinajstić information content (AvgIpc) is 2.49. The van der Waals surface area contributed by atoms with E-state index >= 15 is 0 Å². The second-order valence-electron chi connectivity index (χ2n) is 2.61. The van der Waals surface area contributed by atoms with Crippen LogP contribution in [0.5, 0.6) is 0 Å². The molecular formula is C8H8BrN3O. The summed E-state index contributed by atoms with van der Waals surface area (Å²) in [4.78, 5) is 11.5. The second kappa shape index (κ2) is 3.43. The van der Waals surface area contributed by atoms with Gasteiger partial charge >= 0.3 is 0 Å². The fourth-order valence-corrected chi connectivity index (χ4v) is 1.53. The van der Waals surface area contributed by atoms with Gasteiger partial charge in [0.1, 0.15) is 12.4 Å². The van der Waals surface area contributed by atoms with Crippen molar-refractivity contribution >= 4 is 27.1 Å². The molecule has 4 nitrogen and oxygen atoms in total. The minimum absolute atomic E-state index is 0.475. The van der Waals surface area contributed by atoms with Crippen molar-refractivity contribution in [2.45, 2.75) is 6.61 Å². The normalized spacial score (nSPS) is 10.9. The SMILES string of the molecule is COCc1nc2nccc(Br)c2[nH]1. The Kier molecular flexibility index (Phi) is 2.28. The summed E-state index contributed by atoms with van der Waals surface area (Å²) in [5.74, 6) is 0.789. The molecule has 0 aromatic carbocycles. The van der Waals surface area contributed by atoms with Crippen LogP contribution in [0.2, 0.25) is 0 Å². The number of hydrogen-bond acceptors (Lipinski definition) is 3. The molecule has 2 aromatic rings. The molecule has 1 N–H and O–H groups in total. The molecule has 2 aromatic heterocycles. The van der Waals surface area contributed by atoms with Crippen LogP contribution in [-0.4, -0.2) is 22.1 Å². The van der Waals surface area contributed by atoms with E-state index < -0.39 is 0 Å². The predicted molar refractivity (Wildman–Crippen MR) is 52.3 cm³/mol. The smallest absolute Gasteiger partial charge is 0.178 e. The Morgan fingerprint density at radius 2 is 2.46 bits per heavy atom. The quantitative estimate of drug-likeness (QED) is 0.874. The van der Waals surface area contributed by atoms with Gasteiger partial charge in [-0.2, -0.15) is 0 Å². The summed E-state index contributed by atoms with van der Waals surface area (Å²) < 4.78 is 5.93. The molecule has 2 heterocycles. The first kappa shape index (κ1) is 8.65. The predicted octanol–water partition coefficient (Wildman–Crippen LogP) is 1.87. The summed E-state index contributed by atoms with van der Waals surface area (Å²) in [5, 5.41) is 0. The molecular weight excluding hydrogens is 234 g/mol. The van der Waals surface area contributed by atoms with E-state index in [2.05, 4.69) is 30.9 Å². The Labute approximate surface area is 83.5 Å². The van der Waals surface area contributed by atoms with Crippen LogP contribution >= 0.6 is 15.9 Å². The molecule has 0 bridgehead atoms. The van der Waals surface area contributed by atoms with Gasteiger partial charge in [0.2, 0.25) is 0 Å². The lowest BCUT2D eigenvalue weighted by atomic mass is 10.4. The van der Waals surface area contributed by atoms with E-state index in [1.165, 1.54) is 0 Å². The van der Waals surface area contributed by atoms with Gasteiger partial charge in [-0.15, -0.1) is 0 Å². The van der Waals surface area contributed by atoms with Crippen LogP contribution in [-0.2, 0) is 11.3 Å². The van der Waals surface area contributed by atoms with Crippen molar-refractivity contribution in [3.8, 4) is 0 Å². The number of ether oxygens (including phenoxy) is 1. The molecule has 13 heavy (non-hydrogen) atoms. The topological polar surface area (TPSA) is 50.8 Å². The van der Waals surface area contributed by atoms with Crippen molar-refractivity contribution in [3.05, 3.63) is 22.6 Å². The molecule has 68 valence electrons. The molecule has 5 heteroatoms. The van der Waals surface area contributed by atoms with E-state index in [4.69, 9.17) is 4.74 Å². The number of hydrogen-bond donors (Lipinski definition) is 1. The summed E-state index contributed by atoms with van der Waals surface area (Å²) in [7, 11) is 1.63. The van der Waals surface area contributed by atoms with Crippen LogP contribution in [0.25, 0.3) is 11.2 Å². The minimum atomic E-state index is 0.475. The summed E-state index contributed by atoms with van der Waals surface area (Å²) in [5.41, 5.74) is 1.62. The third-order valence-electron chi connectivity index (χ3n) is 1.67. The fraction of sp³-hybridized carbons (Fsp3) is 0.250. The maximum atomic E-state index is 4.96. The number of aromatic nitrogens is 3. The Balaban J connectivity index is 2.55. The van der Waals surface area contributed by atoms with Crippen molar-refractivity contribution < 1.29 is 4.74 Å². The zero-order valence-corrected chi connectivity index (χ0v) is 8.63. The van der Waals surface area contributed by atoms with Gasteiger partial charge in [0.05, 0.1) is 5.52 Å². The van der Waals surface area contributed by atoms with E-state index in [-0.39, 0.29) is 0 Å². The van der Waals surface area contributed by atoms with Crippen molar-refractivity contribution in [3.63, 3.8) is 0 Å². The number of imidazole rings is 1. The van der Waals surface area contributed by atoms with Gasteiger partial charge in [-0.1, -0.05) is 0 Å². The van der Waals surface area contributed by atoms with E-state index in [1.807, 2.05) is 6.07 Å². The lowest BCUT2D eigenvalue weighted by Gasteiger charge is -1.90. The number of halogens is 1. The van der Waals surface area contributed by atoms with Gasteiger partial charge in [-0.05, 0) is 22.0 Å². The van der Waals surface area contributed by atoms with Gasteiger partial charge in [-0.3, -0.25) is 0 Å². The first-order valence-electron chi connectivity index (χ1n) is 3.79. The molecule has 0 amide bonds. The summed E-state index contributed by atoms with van der Waals surface area (Å²) in [6.45, 7) is 0.475. The molecule has 0 saturated carbocycles. The highest BCUT2D eigenvalue weighted by atomic mass is 79.9. The maximum absolute atomic E-state index is 4.96. The van der Waals surface area contributed by atoms with E-state index in [9.17, 15) is 0 Å². The Morgan fingerprint density at radius 1 is 1.62 bits per heavy atom. The number of aromatic amines is 1. The highest BCUT2D eigenvalue weighted by Crippen LogP contribution is 2.19. The number of fused-ring (bicyclic) bond motifs is 1. The van der Waals surface area contributed by atoms with Gasteiger partial charge in [0, 0.05) is 17.8 Å². The summed E-state index contributed by atoms with van der Waals surface area (Å²) >= 11 is 3.41. The second-order valence-corrected chi connectivity index (χ2v) is 3.46. The molecule has 0 saturated heterocycles. The first-order valence-corrected chi connectivity index (χ1v) is 4.58. The monoisotopic (exact) mass is 241 g/mol. The Morgan fingerprint density at radius 3 is 3.15 bits per heavy atom. The number of nitrogens with one attached hydrogen (secondary N) is 1. The number of pyridine rings is 1. The Bertz CT molecular complexity index is 426. The lowest BCUT2D eigenvalue weighted by Crippen LogP contribution is -1.88. The number of H-pyrrole nitrogens is 1. The Hall–Kier alpha value is -0.940. The maximum Gasteiger partial charge on any atom is 0.178 e. The van der Waals surface area contributed by atoms with Gasteiger partial charge in [-0.25, -0.2) is 9.97 Å². The lowest BCUT2D eigenvalue weighted by molar-refractivity contribution is 0.179. The first-order chi connectivity index (χ1) is 6.31. The highest BCUT2D eigenvalue weighted by molar-refractivity contribution is 9.10. The molecule has 0 aliphatic heterocycles. The number of rotatable bonds is 2. The third-order valence-corrected chi connectivity index (χ3v) is 2.33. The minimum Gasteiger partial charge on any atom is -0.377 e. The van der Waals surface area contributed by atoms with Crippen LogP contribution in [0, 0.1) is 0 Å². The molecule has 0 radical (unpaired) electrons. The van der Waals surface area contributed by atoms with Crippen LogP contribution in [0.15, 0.2) is 16.7 Å². The number of nitrogens with zero attached hydrogens (tertiary/aromatic N) is 2. The van der Waals surface area contributed by atoms with Crippen LogP contribution in [0.4, 0.5) is 0 Å². The molecule has 2 rings (SSSR count). The van der Waals surface area contributed by atoms with Crippen LogP contribution in [0.1, 0.15) is 5.82 Å². The zero-order chi connectivity index (χ0) is 9.26. The molecule has 0 aliphatic carbocycles. The highest BCUT2D eigenvalue weighted by Gasteiger charge is 2.05.